The van der Waals surface area contributed by atoms with Crippen LogP contribution in [0.4, 0.5) is 5.69 Å². The fraction of sp³-hybridized carbons (Fsp3) is 0.348. The third kappa shape index (κ3) is 3.59. The molecule has 2 aromatic carbocycles. The summed E-state index contributed by atoms with van der Waals surface area (Å²) in [5.74, 6) is 0.998. The summed E-state index contributed by atoms with van der Waals surface area (Å²) < 4.78 is 17.4. The summed E-state index contributed by atoms with van der Waals surface area (Å²) in [7, 11) is 4.95. The van der Waals surface area contributed by atoms with E-state index >= 15 is 0 Å². The van der Waals surface area contributed by atoms with Crippen LogP contribution in [-0.4, -0.2) is 55.4 Å². The molecule has 2 atom stereocenters. The van der Waals surface area contributed by atoms with Crippen LogP contribution in [0.5, 0.6) is 11.5 Å². The molecule has 4 rings (SSSR count). The minimum absolute atomic E-state index is 0.0515. The number of methoxy groups -OCH3 is 2. The van der Waals surface area contributed by atoms with Crippen molar-refractivity contribution in [1.29, 1.82) is 0 Å². The van der Waals surface area contributed by atoms with Gasteiger partial charge < -0.3 is 23.9 Å². The maximum Gasteiger partial charge on any atom is 0.269 e. The van der Waals surface area contributed by atoms with Gasteiger partial charge in [0.2, 0.25) is 0 Å². The van der Waals surface area contributed by atoms with Crippen molar-refractivity contribution in [3.63, 3.8) is 0 Å². The predicted molar refractivity (Wildman–Crippen MR) is 119 cm³/mol. The number of aliphatic hydroxyl groups excluding tert-OH is 1. The van der Waals surface area contributed by atoms with E-state index in [0.29, 0.717) is 33.6 Å². The SMILES string of the molecule is COc1cc(OC)c2c(=O)cc(-c3ccc([N+](=O)[O-])cc3)oc2c1C1CCN(C)C1CO. The first-order valence-corrected chi connectivity index (χ1v) is 10.2. The van der Waals surface area contributed by atoms with Gasteiger partial charge in [0, 0.05) is 47.4 Å². The van der Waals surface area contributed by atoms with Crippen molar-refractivity contribution in [2.75, 3.05) is 34.4 Å². The molecule has 0 spiro atoms. The topological polar surface area (TPSA) is 115 Å². The molecule has 2 heterocycles. The Morgan fingerprint density at radius 3 is 2.47 bits per heavy atom. The van der Waals surface area contributed by atoms with Crippen LogP contribution in [0.1, 0.15) is 17.9 Å². The average Bonchev–Trinajstić information content (AvgIpc) is 3.17. The number of nitrogens with zero attached hydrogens (tertiary/aromatic N) is 2. The zero-order chi connectivity index (χ0) is 23.0. The van der Waals surface area contributed by atoms with Gasteiger partial charge in [0.25, 0.3) is 5.69 Å². The van der Waals surface area contributed by atoms with Crippen molar-refractivity contribution < 1.29 is 23.9 Å². The molecule has 9 heteroatoms. The van der Waals surface area contributed by atoms with E-state index in [1.54, 1.807) is 18.2 Å². The molecule has 1 aliphatic rings. The number of aliphatic hydroxyl groups is 1. The summed E-state index contributed by atoms with van der Waals surface area (Å²) in [6.07, 6.45) is 0.755. The molecule has 32 heavy (non-hydrogen) atoms. The predicted octanol–water partition coefficient (Wildman–Crippen LogP) is 3.17. The number of non-ortho nitro benzene ring substituents is 1. The summed E-state index contributed by atoms with van der Waals surface area (Å²) in [6.45, 7) is 0.725. The number of hydrogen-bond donors (Lipinski definition) is 1. The fourth-order valence-corrected chi connectivity index (χ4v) is 4.48. The molecule has 0 amide bonds. The van der Waals surface area contributed by atoms with E-state index in [-0.39, 0.29) is 35.4 Å². The molecule has 0 aliphatic carbocycles. The van der Waals surface area contributed by atoms with E-state index in [2.05, 4.69) is 4.90 Å². The number of nitro groups is 1. The molecule has 2 unspecified atom stereocenters. The molecule has 0 bridgehead atoms. The molecule has 1 saturated heterocycles. The van der Waals surface area contributed by atoms with Crippen LogP contribution >= 0.6 is 0 Å². The van der Waals surface area contributed by atoms with Gasteiger partial charge in [0.1, 0.15) is 28.2 Å². The average molecular weight is 440 g/mol. The lowest BCUT2D eigenvalue weighted by atomic mass is 9.89. The molecule has 9 nitrogen and oxygen atoms in total. The van der Waals surface area contributed by atoms with Crippen molar-refractivity contribution in [3.05, 3.63) is 62.3 Å². The standard InChI is InChI=1S/C23H24N2O7/c1-24-9-8-15(16(24)12-26)21-19(30-2)11-20(31-3)22-17(27)10-18(32-23(21)22)13-4-6-14(7-5-13)25(28)29/h4-7,10-11,15-16,26H,8-9,12H2,1-3H3. The zero-order valence-electron chi connectivity index (χ0n) is 18.0. The van der Waals surface area contributed by atoms with Crippen LogP contribution < -0.4 is 14.9 Å². The number of nitro benzene ring substituents is 1. The van der Waals surface area contributed by atoms with Crippen molar-refractivity contribution in [1.82, 2.24) is 4.90 Å². The lowest BCUT2D eigenvalue weighted by Crippen LogP contribution is -2.32. The van der Waals surface area contributed by atoms with Crippen LogP contribution in [0.25, 0.3) is 22.3 Å². The van der Waals surface area contributed by atoms with E-state index in [9.17, 15) is 20.0 Å². The highest BCUT2D eigenvalue weighted by atomic mass is 16.6. The third-order valence-electron chi connectivity index (χ3n) is 6.15. The van der Waals surface area contributed by atoms with E-state index in [1.807, 2.05) is 7.05 Å². The lowest BCUT2D eigenvalue weighted by molar-refractivity contribution is -0.384. The Kier molecular flexibility index (Phi) is 5.86. The van der Waals surface area contributed by atoms with Crippen LogP contribution in [0.15, 0.2) is 45.6 Å². The van der Waals surface area contributed by atoms with Gasteiger partial charge in [0.15, 0.2) is 5.43 Å². The maximum absolute atomic E-state index is 13.2. The van der Waals surface area contributed by atoms with E-state index < -0.39 is 4.92 Å². The Morgan fingerprint density at radius 1 is 1.19 bits per heavy atom. The Balaban J connectivity index is 1.99. The summed E-state index contributed by atoms with van der Waals surface area (Å²) >= 11 is 0. The first-order chi connectivity index (χ1) is 15.4. The molecular formula is C23H24N2O7. The van der Waals surface area contributed by atoms with Gasteiger partial charge in [-0.1, -0.05) is 0 Å². The molecule has 1 aromatic heterocycles. The maximum atomic E-state index is 13.2. The van der Waals surface area contributed by atoms with Crippen LogP contribution in [0.2, 0.25) is 0 Å². The van der Waals surface area contributed by atoms with E-state index in [1.165, 1.54) is 32.4 Å². The van der Waals surface area contributed by atoms with Gasteiger partial charge in [-0.25, -0.2) is 0 Å². The Labute approximate surface area is 183 Å². The van der Waals surface area contributed by atoms with Gasteiger partial charge in [-0.05, 0) is 32.1 Å². The van der Waals surface area contributed by atoms with Gasteiger partial charge in [0.05, 0.1) is 25.7 Å². The second-order valence-electron chi connectivity index (χ2n) is 7.80. The van der Waals surface area contributed by atoms with Crippen LogP contribution in [0, 0.1) is 10.1 Å². The zero-order valence-corrected chi connectivity index (χ0v) is 18.0. The van der Waals surface area contributed by atoms with Crippen molar-refractivity contribution in [3.8, 4) is 22.8 Å². The Bertz CT molecular complexity index is 1220. The first kappa shape index (κ1) is 21.8. The summed E-state index contributed by atoms with van der Waals surface area (Å²) in [5, 5.41) is 21.3. The summed E-state index contributed by atoms with van der Waals surface area (Å²) in [5.41, 5.74) is 1.21. The normalized spacial score (nSPS) is 18.8. The molecule has 1 fully saturated rings. The molecule has 0 radical (unpaired) electrons. The second kappa shape index (κ2) is 8.60. The minimum Gasteiger partial charge on any atom is -0.496 e. The fourth-order valence-electron chi connectivity index (χ4n) is 4.48. The highest BCUT2D eigenvalue weighted by Crippen LogP contribution is 2.44. The number of ether oxygens (including phenoxy) is 2. The smallest absolute Gasteiger partial charge is 0.269 e. The molecule has 1 N–H and O–H groups in total. The number of likely N-dealkylation sites (tertiary alicyclic amines) is 1. The first-order valence-electron chi connectivity index (χ1n) is 10.2. The summed E-state index contributed by atoms with van der Waals surface area (Å²) in [6, 6.07) is 8.67. The number of hydrogen-bond acceptors (Lipinski definition) is 8. The third-order valence-corrected chi connectivity index (χ3v) is 6.15. The quantitative estimate of drug-likeness (QED) is 0.459. The molecular weight excluding hydrogens is 416 g/mol. The Hall–Kier alpha value is -3.43. The Morgan fingerprint density at radius 2 is 1.88 bits per heavy atom. The number of likely N-dealkylation sites (N-methyl/N-ethyl adjacent to an activating group) is 1. The minimum atomic E-state index is -0.486. The lowest BCUT2D eigenvalue weighted by Gasteiger charge is -2.25. The van der Waals surface area contributed by atoms with Crippen molar-refractivity contribution >= 4 is 16.7 Å². The highest BCUT2D eigenvalue weighted by molar-refractivity contribution is 5.90. The molecule has 168 valence electrons. The highest BCUT2D eigenvalue weighted by Gasteiger charge is 2.37. The van der Waals surface area contributed by atoms with E-state index in [4.69, 9.17) is 13.9 Å². The molecule has 0 saturated carbocycles. The van der Waals surface area contributed by atoms with E-state index in [0.717, 1.165) is 13.0 Å². The molecule has 3 aromatic rings. The number of fused-ring (bicyclic) bond motifs is 1. The largest absolute Gasteiger partial charge is 0.496 e. The van der Waals surface area contributed by atoms with Crippen molar-refractivity contribution in [2.45, 2.75) is 18.4 Å². The van der Waals surface area contributed by atoms with Gasteiger partial charge >= 0.3 is 0 Å². The van der Waals surface area contributed by atoms with Gasteiger partial charge in [-0.3, -0.25) is 14.9 Å². The monoisotopic (exact) mass is 440 g/mol. The number of benzene rings is 2. The van der Waals surface area contributed by atoms with Gasteiger partial charge in [-0.2, -0.15) is 0 Å². The van der Waals surface area contributed by atoms with Crippen molar-refractivity contribution in [2.24, 2.45) is 0 Å². The van der Waals surface area contributed by atoms with Gasteiger partial charge in [-0.15, -0.1) is 0 Å². The van der Waals surface area contributed by atoms with Crippen LogP contribution in [0.3, 0.4) is 0 Å². The molecule has 1 aliphatic heterocycles. The summed E-state index contributed by atoms with van der Waals surface area (Å²) in [4.78, 5) is 25.7. The van der Waals surface area contributed by atoms with Crippen LogP contribution in [-0.2, 0) is 0 Å². The second-order valence-corrected chi connectivity index (χ2v) is 7.80. The number of rotatable bonds is 6.